The molecule has 0 aliphatic heterocycles. The molecule has 0 aliphatic rings. The molecule has 0 spiro atoms. The molecule has 2 rings (SSSR count). The zero-order chi connectivity index (χ0) is 14.5. The SMILES string of the molecule is CCOc1cc(F)ccc1NCc1cc(F)ccc1C. The van der Waals surface area contributed by atoms with Crippen LogP contribution in [0.25, 0.3) is 0 Å². The molecule has 0 saturated heterocycles. The standard InChI is InChI=1S/C16H17F2NO/c1-3-20-16-9-14(18)6-7-15(16)19-10-12-8-13(17)5-4-11(12)2/h4-9,19H,3,10H2,1-2H3. The third-order valence-electron chi connectivity index (χ3n) is 3.02. The Kier molecular flexibility index (Phi) is 4.56. The second-order valence-corrected chi connectivity index (χ2v) is 4.50. The van der Waals surface area contributed by atoms with Gasteiger partial charge in [0.25, 0.3) is 0 Å². The van der Waals surface area contributed by atoms with E-state index in [1.54, 1.807) is 12.1 Å². The Morgan fingerprint density at radius 1 is 1.05 bits per heavy atom. The van der Waals surface area contributed by atoms with Crippen molar-refractivity contribution in [2.75, 3.05) is 11.9 Å². The molecule has 106 valence electrons. The van der Waals surface area contributed by atoms with E-state index in [4.69, 9.17) is 4.74 Å². The minimum absolute atomic E-state index is 0.267. The summed E-state index contributed by atoms with van der Waals surface area (Å²) < 4.78 is 31.8. The first kappa shape index (κ1) is 14.3. The van der Waals surface area contributed by atoms with E-state index in [1.807, 2.05) is 13.8 Å². The summed E-state index contributed by atoms with van der Waals surface area (Å²) in [6, 6.07) is 8.98. The van der Waals surface area contributed by atoms with Crippen molar-refractivity contribution >= 4 is 5.69 Å². The molecule has 2 aromatic carbocycles. The van der Waals surface area contributed by atoms with E-state index in [9.17, 15) is 8.78 Å². The van der Waals surface area contributed by atoms with Crippen LogP contribution in [0.5, 0.6) is 5.75 Å². The van der Waals surface area contributed by atoms with E-state index in [0.29, 0.717) is 24.6 Å². The van der Waals surface area contributed by atoms with Gasteiger partial charge in [0.15, 0.2) is 0 Å². The Hall–Kier alpha value is -2.10. The molecule has 4 heteroatoms. The molecule has 0 aliphatic carbocycles. The highest BCUT2D eigenvalue weighted by Gasteiger charge is 2.06. The molecule has 0 unspecified atom stereocenters. The molecule has 2 nitrogen and oxygen atoms in total. The first-order valence-corrected chi connectivity index (χ1v) is 6.51. The van der Waals surface area contributed by atoms with Gasteiger partial charge in [-0.25, -0.2) is 8.78 Å². The van der Waals surface area contributed by atoms with Gasteiger partial charge in [0, 0.05) is 12.6 Å². The lowest BCUT2D eigenvalue weighted by molar-refractivity contribution is 0.340. The van der Waals surface area contributed by atoms with Crippen LogP contribution in [0.4, 0.5) is 14.5 Å². The largest absolute Gasteiger partial charge is 0.492 e. The van der Waals surface area contributed by atoms with Crippen molar-refractivity contribution in [3.05, 3.63) is 59.2 Å². The number of anilines is 1. The Labute approximate surface area is 117 Å². The molecule has 0 saturated carbocycles. The topological polar surface area (TPSA) is 21.3 Å². The lowest BCUT2D eigenvalue weighted by Crippen LogP contribution is -2.04. The van der Waals surface area contributed by atoms with Crippen molar-refractivity contribution in [2.45, 2.75) is 20.4 Å². The lowest BCUT2D eigenvalue weighted by Gasteiger charge is -2.13. The zero-order valence-corrected chi connectivity index (χ0v) is 11.5. The van der Waals surface area contributed by atoms with E-state index in [-0.39, 0.29) is 11.6 Å². The maximum Gasteiger partial charge on any atom is 0.145 e. The van der Waals surface area contributed by atoms with Crippen LogP contribution in [0.1, 0.15) is 18.1 Å². The quantitative estimate of drug-likeness (QED) is 0.880. The number of hydrogen-bond donors (Lipinski definition) is 1. The Balaban J connectivity index is 2.16. The fraction of sp³-hybridized carbons (Fsp3) is 0.250. The maximum absolute atomic E-state index is 13.2. The highest BCUT2D eigenvalue weighted by molar-refractivity contribution is 5.56. The summed E-state index contributed by atoms with van der Waals surface area (Å²) in [6.07, 6.45) is 0. The summed E-state index contributed by atoms with van der Waals surface area (Å²) in [4.78, 5) is 0. The summed E-state index contributed by atoms with van der Waals surface area (Å²) in [7, 11) is 0. The molecule has 0 aromatic heterocycles. The fourth-order valence-corrected chi connectivity index (χ4v) is 1.94. The molecule has 0 heterocycles. The van der Waals surface area contributed by atoms with Gasteiger partial charge in [0.2, 0.25) is 0 Å². The lowest BCUT2D eigenvalue weighted by atomic mass is 10.1. The third kappa shape index (κ3) is 3.47. The van der Waals surface area contributed by atoms with Crippen molar-refractivity contribution in [1.29, 1.82) is 0 Å². The smallest absolute Gasteiger partial charge is 0.145 e. The van der Waals surface area contributed by atoms with Crippen LogP contribution in [-0.4, -0.2) is 6.61 Å². The van der Waals surface area contributed by atoms with Gasteiger partial charge >= 0.3 is 0 Å². The van der Waals surface area contributed by atoms with E-state index < -0.39 is 0 Å². The fourth-order valence-electron chi connectivity index (χ4n) is 1.94. The number of halogens is 2. The van der Waals surface area contributed by atoms with Crippen LogP contribution in [0.15, 0.2) is 36.4 Å². The number of aryl methyl sites for hydroxylation is 1. The highest BCUT2D eigenvalue weighted by Crippen LogP contribution is 2.26. The minimum atomic E-state index is -0.346. The van der Waals surface area contributed by atoms with Gasteiger partial charge in [-0.3, -0.25) is 0 Å². The van der Waals surface area contributed by atoms with Crippen molar-refractivity contribution in [1.82, 2.24) is 0 Å². The molecule has 0 amide bonds. The van der Waals surface area contributed by atoms with E-state index in [2.05, 4.69) is 5.32 Å². The predicted octanol–water partition coefficient (Wildman–Crippen LogP) is 4.28. The Morgan fingerprint density at radius 2 is 1.75 bits per heavy atom. The number of ether oxygens (including phenoxy) is 1. The second kappa shape index (κ2) is 6.37. The van der Waals surface area contributed by atoms with Gasteiger partial charge < -0.3 is 10.1 Å². The molecule has 0 atom stereocenters. The van der Waals surface area contributed by atoms with Crippen LogP contribution in [0.3, 0.4) is 0 Å². The van der Waals surface area contributed by atoms with Gasteiger partial charge in [-0.05, 0) is 49.2 Å². The van der Waals surface area contributed by atoms with Crippen LogP contribution in [-0.2, 0) is 6.54 Å². The molecule has 20 heavy (non-hydrogen) atoms. The number of benzene rings is 2. The summed E-state index contributed by atoms with van der Waals surface area (Å²) in [5.41, 5.74) is 2.55. The van der Waals surface area contributed by atoms with Gasteiger partial charge in [0.1, 0.15) is 17.4 Å². The number of rotatable bonds is 5. The predicted molar refractivity (Wildman–Crippen MR) is 76.0 cm³/mol. The first-order chi connectivity index (χ1) is 9.60. The van der Waals surface area contributed by atoms with E-state index >= 15 is 0 Å². The molecule has 2 aromatic rings. The number of hydrogen-bond acceptors (Lipinski definition) is 2. The Bertz CT molecular complexity index is 599. The molecular formula is C16H17F2NO. The molecule has 1 N–H and O–H groups in total. The van der Waals surface area contributed by atoms with Crippen molar-refractivity contribution in [2.24, 2.45) is 0 Å². The number of nitrogens with one attached hydrogen (secondary N) is 1. The average molecular weight is 277 g/mol. The van der Waals surface area contributed by atoms with Crippen molar-refractivity contribution in [3.63, 3.8) is 0 Å². The Morgan fingerprint density at radius 3 is 2.50 bits per heavy atom. The van der Waals surface area contributed by atoms with Gasteiger partial charge in [-0.1, -0.05) is 6.07 Å². The van der Waals surface area contributed by atoms with E-state index in [1.165, 1.54) is 24.3 Å². The minimum Gasteiger partial charge on any atom is -0.492 e. The highest BCUT2D eigenvalue weighted by atomic mass is 19.1. The van der Waals surface area contributed by atoms with Crippen molar-refractivity contribution < 1.29 is 13.5 Å². The third-order valence-corrected chi connectivity index (χ3v) is 3.02. The molecular weight excluding hydrogens is 260 g/mol. The summed E-state index contributed by atoms with van der Waals surface area (Å²) >= 11 is 0. The van der Waals surface area contributed by atoms with Crippen LogP contribution in [0.2, 0.25) is 0 Å². The van der Waals surface area contributed by atoms with Gasteiger partial charge in [0.05, 0.1) is 12.3 Å². The molecule has 0 bridgehead atoms. The molecule has 0 radical (unpaired) electrons. The average Bonchev–Trinajstić information content (AvgIpc) is 2.42. The van der Waals surface area contributed by atoms with Crippen LogP contribution >= 0.6 is 0 Å². The van der Waals surface area contributed by atoms with Crippen molar-refractivity contribution in [3.8, 4) is 5.75 Å². The normalized spacial score (nSPS) is 10.4. The zero-order valence-electron chi connectivity index (χ0n) is 11.5. The first-order valence-electron chi connectivity index (χ1n) is 6.51. The maximum atomic E-state index is 13.2. The molecule has 0 fully saturated rings. The van der Waals surface area contributed by atoms with Crippen LogP contribution < -0.4 is 10.1 Å². The summed E-state index contributed by atoms with van der Waals surface area (Å²) in [6.45, 7) is 4.67. The van der Waals surface area contributed by atoms with Gasteiger partial charge in [-0.2, -0.15) is 0 Å². The van der Waals surface area contributed by atoms with Crippen LogP contribution in [0, 0.1) is 18.6 Å². The summed E-state index contributed by atoms with van der Waals surface area (Å²) in [5.74, 6) is -0.154. The summed E-state index contributed by atoms with van der Waals surface area (Å²) in [5, 5.41) is 3.15. The monoisotopic (exact) mass is 277 g/mol. The van der Waals surface area contributed by atoms with E-state index in [0.717, 1.165) is 11.1 Å². The second-order valence-electron chi connectivity index (χ2n) is 4.50. The van der Waals surface area contributed by atoms with Gasteiger partial charge in [-0.15, -0.1) is 0 Å².